The second-order valence-corrected chi connectivity index (χ2v) is 8.28. The highest BCUT2D eigenvalue weighted by atomic mass is 16.5. The molecule has 7 nitrogen and oxygen atoms in total. The third-order valence-electron chi connectivity index (χ3n) is 5.85. The molecule has 1 N–H and O–H groups in total. The summed E-state index contributed by atoms with van der Waals surface area (Å²) < 4.78 is 5.77. The zero-order valence-corrected chi connectivity index (χ0v) is 18.7. The van der Waals surface area contributed by atoms with Crippen LogP contribution in [0.5, 0.6) is 0 Å². The van der Waals surface area contributed by atoms with E-state index >= 15 is 0 Å². The van der Waals surface area contributed by atoms with Gasteiger partial charge in [0.25, 0.3) is 5.91 Å². The zero-order chi connectivity index (χ0) is 22.7. The highest BCUT2D eigenvalue weighted by Crippen LogP contribution is 2.30. The van der Waals surface area contributed by atoms with Gasteiger partial charge < -0.3 is 10.1 Å². The number of esters is 1. The predicted octanol–water partition coefficient (Wildman–Crippen LogP) is 3.97. The second-order valence-electron chi connectivity index (χ2n) is 8.28. The van der Waals surface area contributed by atoms with Crippen LogP contribution in [0.3, 0.4) is 0 Å². The van der Waals surface area contributed by atoms with Gasteiger partial charge in [-0.2, -0.15) is 0 Å². The van der Waals surface area contributed by atoms with Crippen LogP contribution in [0.1, 0.15) is 48.8 Å². The number of nitrogens with zero attached hydrogens (tertiary/aromatic N) is 3. The fraction of sp³-hybridized carbons (Fsp3) is 0.360. The van der Waals surface area contributed by atoms with Crippen molar-refractivity contribution in [1.29, 1.82) is 0 Å². The lowest BCUT2D eigenvalue weighted by atomic mass is 9.95. The van der Waals surface area contributed by atoms with E-state index in [1.165, 1.54) is 0 Å². The first kappa shape index (κ1) is 21.9. The largest absolute Gasteiger partial charge is 0.449 e. The van der Waals surface area contributed by atoms with Crippen LogP contribution >= 0.6 is 0 Å². The molecule has 0 aliphatic carbocycles. The third-order valence-corrected chi connectivity index (χ3v) is 5.85. The maximum absolute atomic E-state index is 13.5. The molecule has 3 aromatic rings. The molecule has 1 amide bonds. The summed E-state index contributed by atoms with van der Waals surface area (Å²) in [6.07, 6.45) is 3.42. The van der Waals surface area contributed by atoms with Gasteiger partial charge >= 0.3 is 5.97 Å². The average molecular weight is 433 g/mol. The summed E-state index contributed by atoms with van der Waals surface area (Å²) in [6.45, 7) is 7.64. The quantitative estimate of drug-likeness (QED) is 0.594. The van der Waals surface area contributed by atoms with Crippen LogP contribution in [0.4, 0.5) is 5.69 Å². The molecule has 166 valence electrons. The number of pyridine rings is 2. The molecule has 3 heterocycles. The summed E-state index contributed by atoms with van der Waals surface area (Å²) in [5.74, 6) is -0.858. The van der Waals surface area contributed by atoms with Crippen LogP contribution < -0.4 is 5.32 Å². The fourth-order valence-corrected chi connectivity index (χ4v) is 4.05. The monoisotopic (exact) mass is 432 g/mol. The predicted molar refractivity (Wildman–Crippen MR) is 123 cm³/mol. The standard InChI is InChI=1S/C25H28N4O3/c1-4-22(24(30)27-17-8-7-12-26-14-17)32-25(31)23-18-9-5-6-10-20(18)28-21-11-13-29(16(2)3)15-19(21)23/h5-10,12,14,16,22H,4,11,13,15H2,1-3H3,(H,27,30). The zero-order valence-electron chi connectivity index (χ0n) is 18.7. The van der Waals surface area contributed by atoms with Gasteiger partial charge in [-0.25, -0.2) is 4.79 Å². The summed E-state index contributed by atoms with van der Waals surface area (Å²) >= 11 is 0. The molecule has 1 atom stereocenters. The number of anilines is 1. The number of rotatable bonds is 6. The van der Waals surface area contributed by atoms with E-state index in [-0.39, 0.29) is 5.91 Å². The maximum Gasteiger partial charge on any atom is 0.340 e. The summed E-state index contributed by atoms with van der Waals surface area (Å²) in [7, 11) is 0. The third kappa shape index (κ3) is 4.48. The Hall–Kier alpha value is -3.32. The molecule has 2 aromatic heterocycles. The number of carbonyl (C=O) groups is 2. The highest BCUT2D eigenvalue weighted by Gasteiger charge is 2.30. The average Bonchev–Trinajstić information content (AvgIpc) is 2.80. The van der Waals surface area contributed by atoms with Crippen molar-refractivity contribution in [3.05, 3.63) is 65.6 Å². The van der Waals surface area contributed by atoms with Crippen molar-refractivity contribution >= 4 is 28.5 Å². The molecule has 1 unspecified atom stereocenters. The number of nitrogens with one attached hydrogen (secondary N) is 1. The lowest BCUT2D eigenvalue weighted by molar-refractivity contribution is -0.124. The van der Waals surface area contributed by atoms with Crippen molar-refractivity contribution in [2.75, 3.05) is 11.9 Å². The number of carbonyl (C=O) groups excluding carboxylic acids is 2. The van der Waals surface area contributed by atoms with Crippen molar-refractivity contribution in [3.63, 3.8) is 0 Å². The van der Waals surface area contributed by atoms with E-state index < -0.39 is 12.1 Å². The molecule has 1 aliphatic heterocycles. The molecular formula is C25H28N4O3. The maximum atomic E-state index is 13.5. The lowest BCUT2D eigenvalue weighted by Crippen LogP contribution is -2.38. The van der Waals surface area contributed by atoms with E-state index in [0.717, 1.165) is 35.1 Å². The molecule has 0 saturated heterocycles. The van der Waals surface area contributed by atoms with Crippen LogP contribution in [0, 0.1) is 0 Å². The number of hydrogen-bond acceptors (Lipinski definition) is 6. The highest BCUT2D eigenvalue weighted by molar-refractivity contribution is 6.06. The van der Waals surface area contributed by atoms with Crippen LogP contribution in [-0.2, 0) is 22.5 Å². The minimum absolute atomic E-state index is 0.354. The van der Waals surface area contributed by atoms with E-state index in [0.29, 0.717) is 30.3 Å². The molecule has 1 aliphatic rings. The Bertz CT molecular complexity index is 1130. The Balaban J connectivity index is 1.66. The number of benzene rings is 1. The Morgan fingerprint density at radius 3 is 2.72 bits per heavy atom. The van der Waals surface area contributed by atoms with Gasteiger partial charge in [-0.15, -0.1) is 0 Å². The first-order valence-corrected chi connectivity index (χ1v) is 11.0. The number of aromatic nitrogens is 2. The molecular weight excluding hydrogens is 404 g/mol. The normalized spacial score (nSPS) is 14.8. The molecule has 7 heteroatoms. The van der Waals surface area contributed by atoms with Crippen molar-refractivity contribution in [2.45, 2.75) is 52.3 Å². The van der Waals surface area contributed by atoms with Crippen molar-refractivity contribution in [2.24, 2.45) is 0 Å². The summed E-state index contributed by atoms with van der Waals surface area (Å²) in [6, 6.07) is 11.4. The molecule has 0 fully saturated rings. The van der Waals surface area contributed by atoms with Crippen molar-refractivity contribution in [3.8, 4) is 0 Å². The topological polar surface area (TPSA) is 84.4 Å². The van der Waals surface area contributed by atoms with Crippen molar-refractivity contribution < 1.29 is 14.3 Å². The Kier molecular flexibility index (Phi) is 6.46. The number of para-hydroxylation sites is 1. The van der Waals surface area contributed by atoms with E-state index in [1.54, 1.807) is 24.5 Å². The van der Waals surface area contributed by atoms with Gasteiger partial charge in [0.1, 0.15) is 0 Å². The lowest BCUT2D eigenvalue weighted by Gasteiger charge is -2.32. The smallest absolute Gasteiger partial charge is 0.340 e. The molecule has 0 spiro atoms. The van der Waals surface area contributed by atoms with Gasteiger partial charge in [-0.3, -0.25) is 19.7 Å². The second kappa shape index (κ2) is 9.44. The number of hydrogen-bond donors (Lipinski definition) is 1. The minimum atomic E-state index is -0.907. The Morgan fingerprint density at radius 2 is 2.00 bits per heavy atom. The van der Waals surface area contributed by atoms with Crippen molar-refractivity contribution in [1.82, 2.24) is 14.9 Å². The van der Waals surface area contributed by atoms with Crippen LogP contribution in [0.25, 0.3) is 10.9 Å². The van der Waals surface area contributed by atoms with Crippen LogP contribution in [0.2, 0.25) is 0 Å². The van der Waals surface area contributed by atoms with Gasteiger partial charge in [-0.1, -0.05) is 25.1 Å². The van der Waals surface area contributed by atoms with Gasteiger partial charge in [0.15, 0.2) is 6.10 Å². The van der Waals surface area contributed by atoms with E-state index in [1.807, 2.05) is 31.2 Å². The molecule has 0 saturated carbocycles. The van der Waals surface area contributed by atoms with E-state index in [9.17, 15) is 9.59 Å². The molecule has 0 radical (unpaired) electrons. The van der Waals surface area contributed by atoms with Gasteiger partial charge in [0, 0.05) is 48.4 Å². The van der Waals surface area contributed by atoms with Crippen LogP contribution in [0.15, 0.2) is 48.8 Å². The molecule has 0 bridgehead atoms. The number of fused-ring (bicyclic) bond motifs is 2. The van der Waals surface area contributed by atoms with Gasteiger partial charge in [0.05, 0.1) is 23.0 Å². The van der Waals surface area contributed by atoms with Crippen LogP contribution in [-0.4, -0.2) is 45.4 Å². The molecule has 32 heavy (non-hydrogen) atoms. The Labute approximate surface area is 187 Å². The van der Waals surface area contributed by atoms with Gasteiger partial charge in [-0.05, 0) is 38.5 Å². The van der Waals surface area contributed by atoms with E-state index in [4.69, 9.17) is 9.72 Å². The molecule has 4 rings (SSSR count). The molecule has 1 aromatic carbocycles. The summed E-state index contributed by atoms with van der Waals surface area (Å²) in [5, 5.41) is 3.53. The fourth-order valence-electron chi connectivity index (χ4n) is 4.05. The summed E-state index contributed by atoms with van der Waals surface area (Å²) in [4.78, 5) is 37.4. The summed E-state index contributed by atoms with van der Waals surface area (Å²) in [5.41, 5.74) is 3.68. The Morgan fingerprint density at radius 1 is 1.19 bits per heavy atom. The minimum Gasteiger partial charge on any atom is -0.449 e. The van der Waals surface area contributed by atoms with Gasteiger partial charge in [0.2, 0.25) is 0 Å². The van der Waals surface area contributed by atoms with E-state index in [2.05, 4.69) is 29.0 Å². The first-order valence-electron chi connectivity index (χ1n) is 11.0. The SMILES string of the molecule is CCC(OC(=O)c1c2c(nc3ccccc13)CCN(C(C)C)C2)C(=O)Nc1cccnc1. The number of amides is 1. The first-order chi connectivity index (χ1) is 15.5. The number of ether oxygens (including phenoxy) is 1.